The Bertz CT molecular complexity index is 508. The Hall–Kier alpha value is -1.34. The zero-order chi connectivity index (χ0) is 14.0. The van der Waals surface area contributed by atoms with E-state index in [1.54, 1.807) is 11.3 Å². The van der Waals surface area contributed by atoms with E-state index in [4.69, 9.17) is 0 Å². The van der Waals surface area contributed by atoms with Crippen LogP contribution in [0, 0.1) is 29.6 Å². The minimum absolute atomic E-state index is 0.0756. The van der Waals surface area contributed by atoms with E-state index in [1.165, 1.54) is 9.75 Å². The Balaban J connectivity index is 1.90. The van der Waals surface area contributed by atoms with Crippen molar-refractivity contribution in [2.75, 3.05) is 0 Å². The number of nitrogens with one attached hydrogen (secondary N) is 1. The molecule has 1 aromatic rings. The molecule has 1 atom stereocenters. The van der Waals surface area contributed by atoms with Gasteiger partial charge in [-0.15, -0.1) is 11.3 Å². The van der Waals surface area contributed by atoms with Gasteiger partial charge in [0.05, 0.1) is 6.07 Å². The fourth-order valence-electron chi connectivity index (χ4n) is 2.77. The SMILES string of the molecule is Cc1ccc(CC(C)NC(=O)C2(C#N)CC(C)C2)s1. The fourth-order valence-corrected chi connectivity index (χ4v) is 3.79. The summed E-state index contributed by atoms with van der Waals surface area (Å²) in [5, 5.41) is 12.2. The monoisotopic (exact) mass is 276 g/mol. The number of rotatable bonds is 4. The van der Waals surface area contributed by atoms with Crippen LogP contribution in [-0.4, -0.2) is 11.9 Å². The first-order valence-electron chi connectivity index (χ1n) is 6.73. The minimum Gasteiger partial charge on any atom is -0.352 e. The summed E-state index contributed by atoms with van der Waals surface area (Å²) in [6, 6.07) is 6.49. The van der Waals surface area contributed by atoms with E-state index in [9.17, 15) is 10.1 Å². The van der Waals surface area contributed by atoms with Gasteiger partial charge in [-0.2, -0.15) is 5.26 Å². The summed E-state index contributed by atoms with van der Waals surface area (Å²) in [5.74, 6) is 0.398. The molecule has 1 unspecified atom stereocenters. The van der Waals surface area contributed by atoms with Crippen molar-refractivity contribution >= 4 is 17.2 Å². The highest BCUT2D eigenvalue weighted by Gasteiger charge is 2.49. The predicted molar refractivity (Wildman–Crippen MR) is 76.8 cm³/mol. The maximum atomic E-state index is 12.2. The molecular formula is C15H20N2OS. The number of thiophene rings is 1. The zero-order valence-electron chi connectivity index (χ0n) is 11.7. The van der Waals surface area contributed by atoms with Gasteiger partial charge in [0.25, 0.3) is 0 Å². The largest absolute Gasteiger partial charge is 0.352 e. The van der Waals surface area contributed by atoms with Gasteiger partial charge in [-0.1, -0.05) is 6.92 Å². The van der Waals surface area contributed by atoms with Crippen molar-refractivity contribution in [3.63, 3.8) is 0 Å². The van der Waals surface area contributed by atoms with Crippen LogP contribution >= 0.6 is 11.3 Å². The van der Waals surface area contributed by atoms with Gasteiger partial charge in [0.15, 0.2) is 0 Å². The summed E-state index contributed by atoms with van der Waals surface area (Å²) in [4.78, 5) is 14.8. The van der Waals surface area contributed by atoms with E-state index in [-0.39, 0.29) is 11.9 Å². The maximum absolute atomic E-state index is 12.2. The molecule has 0 spiro atoms. The van der Waals surface area contributed by atoms with E-state index in [2.05, 4.69) is 37.4 Å². The molecule has 0 bridgehead atoms. The normalized spacial score (nSPS) is 27.2. The van der Waals surface area contributed by atoms with Crippen molar-refractivity contribution in [3.05, 3.63) is 21.9 Å². The molecule has 2 rings (SSSR count). The van der Waals surface area contributed by atoms with Gasteiger partial charge in [-0.3, -0.25) is 4.79 Å². The highest BCUT2D eigenvalue weighted by atomic mass is 32.1. The molecule has 1 amide bonds. The second-order valence-electron chi connectivity index (χ2n) is 5.80. The number of nitrogens with zero attached hydrogens (tertiary/aromatic N) is 1. The molecule has 1 heterocycles. The second kappa shape index (κ2) is 5.34. The standard InChI is InChI=1S/C15H20N2OS/c1-10-7-15(8-10,9-16)14(18)17-11(2)6-13-5-4-12(3)19-13/h4-5,10-11H,6-8H2,1-3H3,(H,17,18). The number of aryl methyl sites for hydroxylation is 1. The van der Waals surface area contributed by atoms with Crippen LogP contribution in [0.5, 0.6) is 0 Å². The highest BCUT2D eigenvalue weighted by Crippen LogP contribution is 2.45. The lowest BCUT2D eigenvalue weighted by atomic mass is 9.63. The van der Waals surface area contributed by atoms with Crippen molar-refractivity contribution in [2.45, 2.75) is 46.1 Å². The molecule has 1 fully saturated rings. The Morgan fingerprint density at radius 1 is 1.63 bits per heavy atom. The number of nitriles is 1. The van der Waals surface area contributed by atoms with Crippen LogP contribution in [0.4, 0.5) is 0 Å². The van der Waals surface area contributed by atoms with E-state index in [0.717, 1.165) is 6.42 Å². The van der Waals surface area contributed by atoms with Gasteiger partial charge in [-0.05, 0) is 44.7 Å². The van der Waals surface area contributed by atoms with Crippen LogP contribution in [0.2, 0.25) is 0 Å². The van der Waals surface area contributed by atoms with Crippen molar-refractivity contribution < 1.29 is 4.79 Å². The Labute approximate surface area is 118 Å². The molecule has 1 aliphatic carbocycles. The van der Waals surface area contributed by atoms with Crippen LogP contribution in [0.25, 0.3) is 0 Å². The molecule has 0 radical (unpaired) electrons. The molecule has 0 saturated heterocycles. The minimum atomic E-state index is -0.765. The number of carbonyl (C=O) groups is 1. The van der Waals surface area contributed by atoms with Crippen molar-refractivity contribution in [1.29, 1.82) is 5.26 Å². The van der Waals surface area contributed by atoms with Crippen LogP contribution in [-0.2, 0) is 11.2 Å². The Kier molecular flexibility index (Phi) is 3.96. The molecule has 0 aromatic carbocycles. The summed E-state index contributed by atoms with van der Waals surface area (Å²) < 4.78 is 0. The summed E-state index contributed by atoms with van der Waals surface area (Å²) in [5.41, 5.74) is -0.765. The Morgan fingerprint density at radius 3 is 2.79 bits per heavy atom. The van der Waals surface area contributed by atoms with Crippen molar-refractivity contribution in [1.82, 2.24) is 5.32 Å². The third-order valence-corrected chi connectivity index (χ3v) is 4.75. The van der Waals surface area contributed by atoms with Gasteiger partial charge in [0.1, 0.15) is 5.41 Å². The van der Waals surface area contributed by atoms with Crippen molar-refractivity contribution in [3.8, 4) is 6.07 Å². The van der Waals surface area contributed by atoms with Gasteiger partial charge in [0.2, 0.25) is 5.91 Å². The third kappa shape index (κ3) is 2.98. The van der Waals surface area contributed by atoms with E-state index in [0.29, 0.717) is 18.8 Å². The van der Waals surface area contributed by atoms with Gasteiger partial charge >= 0.3 is 0 Å². The first kappa shape index (κ1) is 14.1. The average Bonchev–Trinajstić information content (AvgIpc) is 2.69. The number of hydrogen-bond donors (Lipinski definition) is 1. The van der Waals surface area contributed by atoms with Crippen LogP contribution in [0.3, 0.4) is 0 Å². The first-order chi connectivity index (χ1) is 8.95. The third-order valence-electron chi connectivity index (χ3n) is 3.72. The molecule has 4 heteroatoms. The van der Waals surface area contributed by atoms with E-state index in [1.807, 2.05) is 6.92 Å². The molecule has 102 valence electrons. The lowest BCUT2D eigenvalue weighted by Gasteiger charge is -2.39. The number of hydrogen-bond acceptors (Lipinski definition) is 3. The molecule has 3 nitrogen and oxygen atoms in total. The fraction of sp³-hybridized carbons (Fsp3) is 0.600. The topological polar surface area (TPSA) is 52.9 Å². The van der Waals surface area contributed by atoms with Crippen LogP contribution in [0.15, 0.2) is 12.1 Å². The van der Waals surface area contributed by atoms with Gasteiger partial charge < -0.3 is 5.32 Å². The molecule has 19 heavy (non-hydrogen) atoms. The van der Waals surface area contributed by atoms with Crippen LogP contribution < -0.4 is 5.32 Å². The Morgan fingerprint density at radius 2 is 2.32 bits per heavy atom. The summed E-state index contributed by atoms with van der Waals surface area (Å²) >= 11 is 1.76. The van der Waals surface area contributed by atoms with Gasteiger partial charge in [0, 0.05) is 22.2 Å². The second-order valence-corrected chi connectivity index (χ2v) is 7.17. The van der Waals surface area contributed by atoms with Crippen LogP contribution in [0.1, 0.15) is 36.4 Å². The summed E-state index contributed by atoms with van der Waals surface area (Å²) in [6.45, 7) is 6.17. The molecule has 1 saturated carbocycles. The van der Waals surface area contributed by atoms with E-state index < -0.39 is 5.41 Å². The van der Waals surface area contributed by atoms with E-state index >= 15 is 0 Å². The molecule has 1 aliphatic rings. The molecular weight excluding hydrogens is 256 g/mol. The predicted octanol–water partition coefficient (Wildman–Crippen LogP) is 3.04. The quantitative estimate of drug-likeness (QED) is 0.919. The molecule has 1 aromatic heterocycles. The smallest absolute Gasteiger partial charge is 0.240 e. The lowest BCUT2D eigenvalue weighted by molar-refractivity contribution is -0.134. The maximum Gasteiger partial charge on any atom is 0.240 e. The first-order valence-corrected chi connectivity index (χ1v) is 7.54. The lowest BCUT2D eigenvalue weighted by Crippen LogP contribution is -2.50. The van der Waals surface area contributed by atoms with Crippen molar-refractivity contribution in [2.24, 2.45) is 11.3 Å². The molecule has 0 aliphatic heterocycles. The number of carbonyl (C=O) groups excluding carboxylic acids is 1. The zero-order valence-corrected chi connectivity index (χ0v) is 12.5. The average molecular weight is 276 g/mol. The summed E-state index contributed by atoms with van der Waals surface area (Å²) in [7, 11) is 0. The molecule has 1 N–H and O–H groups in total. The van der Waals surface area contributed by atoms with Gasteiger partial charge in [-0.25, -0.2) is 0 Å². The highest BCUT2D eigenvalue weighted by molar-refractivity contribution is 7.11. The number of amides is 1. The summed E-state index contributed by atoms with van der Waals surface area (Å²) in [6.07, 6.45) is 2.22.